The standard InChI is InChI=1S/C24H33N5O8S/c1-12(30)20(25)23(35)27-16(7-8-38-2)21(33)28-17(10-19(31)32)22(34)29-18(24(36)37)9-13-11-26-15-6-4-3-5-14(13)15/h3-6,11-12,16-18,20,26,30H,7-10,25H2,1-2H3,(H,27,35)(H,28,33)(H,29,34)(H,31,32)(H,36,37). The molecule has 0 spiro atoms. The highest BCUT2D eigenvalue weighted by Gasteiger charge is 2.32. The number of nitrogens with one attached hydrogen (secondary N) is 4. The van der Waals surface area contributed by atoms with Crippen LogP contribution in [0.25, 0.3) is 10.9 Å². The van der Waals surface area contributed by atoms with Gasteiger partial charge < -0.3 is 42.0 Å². The molecular formula is C24H33N5O8S. The van der Waals surface area contributed by atoms with Gasteiger partial charge in [0.1, 0.15) is 24.2 Å². The minimum atomic E-state index is -1.62. The molecule has 0 bridgehead atoms. The van der Waals surface area contributed by atoms with E-state index in [1.165, 1.54) is 18.7 Å². The summed E-state index contributed by atoms with van der Waals surface area (Å²) in [5, 5.41) is 36.4. The monoisotopic (exact) mass is 551 g/mol. The molecule has 0 aliphatic carbocycles. The van der Waals surface area contributed by atoms with Crippen molar-refractivity contribution in [1.29, 1.82) is 0 Å². The van der Waals surface area contributed by atoms with Gasteiger partial charge in [-0.25, -0.2) is 4.79 Å². The van der Waals surface area contributed by atoms with E-state index in [1.807, 2.05) is 12.1 Å². The van der Waals surface area contributed by atoms with Crippen molar-refractivity contribution in [3.05, 3.63) is 36.0 Å². The Morgan fingerprint density at radius 3 is 2.18 bits per heavy atom. The molecule has 38 heavy (non-hydrogen) atoms. The number of nitrogens with two attached hydrogens (primary N) is 1. The molecule has 3 amide bonds. The van der Waals surface area contributed by atoms with E-state index < -0.39 is 66.4 Å². The van der Waals surface area contributed by atoms with E-state index in [2.05, 4.69) is 20.9 Å². The molecule has 9 N–H and O–H groups in total. The molecule has 5 unspecified atom stereocenters. The highest BCUT2D eigenvalue weighted by Crippen LogP contribution is 2.19. The number of para-hydroxylation sites is 1. The largest absolute Gasteiger partial charge is 0.481 e. The third kappa shape index (κ3) is 8.75. The first-order valence-electron chi connectivity index (χ1n) is 11.8. The number of benzene rings is 1. The van der Waals surface area contributed by atoms with Gasteiger partial charge in [0.05, 0.1) is 12.5 Å². The summed E-state index contributed by atoms with van der Waals surface area (Å²) in [7, 11) is 0. The number of hydrogen-bond acceptors (Lipinski definition) is 8. The molecule has 0 saturated heterocycles. The molecule has 1 aromatic heterocycles. The number of H-pyrrole nitrogens is 1. The number of aliphatic hydroxyl groups excluding tert-OH is 1. The van der Waals surface area contributed by atoms with Crippen LogP contribution in [0.1, 0.15) is 25.3 Å². The van der Waals surface area contributed by atoms with Crippen molar-refractivity contribution < 1.29 is 39.3 Å². The predicted molar refractivity (Wildman–Crippen MR) is 140 cm³/mol. The van der Waals surface area contributed by atoms with Crippen molar-refractivity contribution in [2.24, 2.45) is 5.73 Å². The number of carbonyl (C=O) groups excluding carboxylic acids is 3. The number of rotatable bonds is 15. The number of carboxylic acid groups (broad SMARTS) is 2. The minimum Gasteiger partial charge on any atom is -0.481 e. The van der Waals surface area contributed by atoms with Crippen molar-refractivity contribution in [3.8, 4) is 0 Å². The van der Waals surface area contributed by atoms with E-state index in [-0.39, 0.29) is 12.8 Å². The van der Waals surface area contributed by atoms with Crippen molar-refractivity contribution in [2.75, 3.05) is 12.0 Å². The molecule has 0 radical (unpaired) electrons. The zero-order chi connectivity index (χ0) is 28.4. The van der Waals surface area contributed by atoms with Crippen LogP contribution >= 0.6 is 11.8 Å². The number of hydrogen-bond donors (Lipinski definition) is 8. The van der Waals surface area contributed by atoms with E-state index in [0.29, 0.717) is 11.3 Å². The first-order chi connectivity index (χ1) is 17.9. The fraction of sp³-hybridized carbons (Fsp3) is 0.458. The van der Waals surface area contributed by atoms with Gasteiger partial charge in [-0.2, -0.15) is 11.8 Å². The first-order valence-corrected chi connectivity index (χ1v) is 13.2. The van der Waals surface area contributed by atoms with E-state index in [9.17, 15) is 39.3 Å². The van der Waals surface area contributed by atoms with E-state index in [4.69, 9.17) is 5.73 Å². The van der Waals surface area contributed by atoms with Gasteiger partial charge in [-0.05, 0) is 37.0 Å². The van der Waals surface area contributed by atoms with Gasteiger partial charge in [0.25, 0.3) is 0 Å². The van der Waals surface area contributed by atoms with E-state index in [0.717, 1.165) is 10.9 Å². The maximum atomic E-state index is 13.0. The molecule has 2 rings (SSSR count). The quantitative estimate of drug-likeness (QED) is 0.137. The summed E-state index contributed by atoms with van der Waals surface area (Å²) in [6.45, 7) is 1.31. The van der Waals surface area contributed by atoms with Crippen molar-refractivity contribution in [3.63, 3.8) is 0 Å². The Labute approximate surface area is 222 Å². The molecule has 0 aliphatic rings. The second kappa shape index (κ2) is 14.4. The Morgan fingerprint density at radius 1 is 0.974 bits per heavy atom. The van der Waals surface area contributed by atoms with Crippen LogP contribution in [0.4, 0.5) is 0 Å². The zero-order valence-corrected chi connectivity index (χ0v) is 21.8. The number of carbonyl (C=O) groups is 5. The first kappa shape index (κ1) is 30.6. The number of fused-ring (bicyclic) bond motifs is 1. The van der Waals surface area contributed by atoms with Crippen LogP contribution in [0.15, 0.2) is 30.5 Å². The van der Waals surface area contributed by atoms with Gasteiger partial charge in [0.15, 0.2) is 0 Å². The van der Waals surface area contributed by atoms with E-state index >= 15 is 0 Å². The van der Waals surface area contributed by atoms with Crippen LogP contribution in [0.3, 0.4) is 0 Å². The van der Waals surface area contributed by atoms with Gasteiger partial charge in [-0.3, -0.25) is 19.2 Å². The fourth-order valence-electron chi connectivity index (χ4n) is 3.64. The Hall–Kier alpha value is -3.62. The molecule has 0 saturated carbocycles. The van der Waals surface area contributed by atoms with Crippen LogP contribution in [-0.2, 0) is 30.4 Å². The van der Waals surface area contributed by atoms with Crippen LogP contribution in [0.5, 0.6) is 0 Å². The average molecular weight is 552 g/mol. The lowest BCUT2D eigenvalue weighted by atomic mass is 10.0. The molecule has 0 fully saturated rings. The van der Waals surface area contributed by atoms with Gasteiger partial charge in [-0.15, -0.1) is 0 Å². The Bertz CT molecular complexity index is 1150. The summed E-state index contributed by atoms with van der Waals surface area (Å²) >= 11 is 1.39. The van der Waals surface area contributed by atoms with Gasteiger partial charge in [0, 0.05) is 23.5 Å². The normalized spacial score (nSPS) is 15.1. The lowest BCUT2D eigenvalue weighted by Crippen LogP contribution is -2.58. The maximum Gasteiger partial charge on any atom is 0.326 e. The summed E-state index contributed by atoms with van der Waals surface area (Å²) in [6.07, 6.45) is 1.43. The molecule has 1 heterocycles. The maximum absolute atomic E-state index is 13.0. The van der Waals surface area contributed by atoms with Gasteiger partial charge in [-0.1, -0.05) is 18.2 Å². The average Bonchev–Trinajstić information content (AvgIpc) is 3.27. The highest BCUT2D eigenvalue weighted by molar-refractivity contribution is 7.98. The lowest BCUT2D eigenvalue weighted by molar-refractivity contribution is -0.143. The van der Waals surface area contributed by atoms with E-state index in [1.54, 1.807) is 24.6 Å². The third-order valence-electron chi connectivity index (χ3n) is 5.79. The molecule has 5 atom stereocenters. The number of amides is 3. The summed E-state index contributed by atoms with van der Waals surface area (Å²) < 4.78 is 0. The van der Waals surface area contributed by atoms with Gasteiger partial charge in [0.2, 0.25) is 17.7 Å². The minimum absolute atomic E-state index is 0.0948. The summed E-state index contributed by atoms with van der Waals surface area (Å²) in [6, 6.07) is 1.69. The second-order valence-corrected chi connectivity index (χ2v) is 9.72. The van der Waals surface area contributed by atoms with Crippen LogP contribution in [-0.4, -0.2) is 92.2 Å². The number of carboxylic acids is 2. The smallest absolute Gasteiger partial charge is 0.326 e. The topological polar surface area (TPSA) is 224 Å². The number of thioether (sulfide) groups is 1. The summed E-state index contributed by atoms with van der Waals surface area (Å²) in [5.41, 5.74) is 7.03. The van der Waals surface area contributed by atoms with Crippen LogP contribution < -0.4 is 21.7 Å². The summed E-state index contributed by atoms with van der Waals surface area (Å²) in [5.74, 6) is -4.98. The molecular weight excluding hydrogens is 518 g/mol. The third-order valence-corrected chi connectivity index (χ3v) is 6.44. The highest BCUT2D eigenvalue weighted by atomic mass is 32.2. The Kier molecular flexibility index (Phi) is 11.6. The van der Waals surface area contributed by atoms with Crippen molar-refractivity contribution in [2.45, 2.75) is 56.5 Å². The molecule has 14 heteroatoms. The van der Waals surface area contributed by atoms with Crippen molar-refractivity contribution in [1.82, 2.24) is 20.9 Å². The van der Waals surface area contributed by atoms with Crippen LogP contribution in [0, 0.1) is 0 Å². The Balaban J connectivity index is 2.18. The molecule has 0 aliphatic heterocycles. The molecule has 13 nitrogen and oxygen atoms in total. The number of aliphatic hydroxyl groups is 1. The molecule has 2 aromatic rings. The zero-order valence-electron chi connectivity index (χ0n) is 21.0. The number of aliphatic carboxylic acids is 2. The van der Waals surface area contributed by atoms with Gasteiger partial charge >= 0.3 is 11.9 Å². The predicted octanol–water partition coefficient (Wildman–Crippen LogP) is -0.815. The second-order valence-electron chi connectivity index (χ2n) is 8.73. The summed E-state index contributed by atoms with van der Waals surface area (Å²) in [4.78, 5) is 64.6. The van der Waals surface area contributed by atoms with Crippen LogP contribution in [0.2, 0.25) is 0 Å². The number of aromatic amines is 1. The fourth-order valence-corrected chi connectivity index (χ4v) is 4.11. The SMILES string of the molecule is CSCCC(NC(=O)C(N)C(C)O)C(=O)NC(CC(=O)O)C(=O)NC(Cc1c[nH]c2ccccc12)C(=O)O. The van der Waals surface area contributed by atoms with Crippen molar-refractivity contribution >= 4 is 52.3 Å². The molecule has 208 valence electrons. The Morgan fingerprint density at radius 2 is 1.58 bits per heavy atom. The lowest BCUT2D eigenvalue weighted by Gasteiger charge is -2.25. The molecule has 1 aromatic carbocycles. The number of aromatic nitrogens is 1.